The van der Waals surface area contributed by atoms with Crippen LogP contribution >= 0.6 is 0 Å². The van der Waals surface area contributed by atoms with E-state index in [0.29, 0.717) is 5.46 Å². The number of aromatic nitrogens is 1. The Hall–Kier alpha value is -1.59. The molecule has 1 heterocycles. The van der Waals surface area contributed by atoms with Gasteiger partial charge in [0.05, 0.1) is 5.52 Å². The lowest BCUT2D eigenvalue weighted by Crippen LogP contribution is -2.29. The fourth-order valence-corrected chi connectivity index (χ4v) is 1.43. The lowest BCUT2D eigenvalue weighted by molar-refractivity contribution is 0.426. The summed E-state index contributed by atoms with van der Waals surface area (Å²) in [5.74, 6) is 0.757. The van der Waals surface area contributed by atoms with Crippen LogP contribution in [-0.2, 0) is 0 Å². The number of pyridine rings is 1. The molecule has 1 aromatic carbocycles. The predicted octanol–water partition coefficient (Wildman–Crippen LogP) is -0.0437. The normalized spacial score (nSPS) is 10.3. The van der Waals surface area contributed by atoms with Crippen molar-refractivity contribution in [3.8, 4) is 0 Å². The third-order valence-corrected chi connectivity index (χ3v) is 2.27. The Morgan fingerprint density at radius 1 is 1.20 bits per heavy atom. The van der Waals surface area contributed by atoms with Gasteiger partial charge in [0.15, 0.2) is 0 Å². The number of fused-ring (bicyclic) bond motifs is 1. The van der Waals surface area contributed by atoms with Gasteiger partial charge in [0.1, 0.15) is 5.82 Å². The van der Waals surface area contributed by atoms with E-state index in [2.05, 4.69) is 10.3 Å². The van der Waals surface area contributed by atoms with Crippen LogP contribution < -0.4 is 10.8 Å². The zero-order valence-electron chi connectivity index (χ0n) is 8.31. The van der Waals surface area contributed by atoms with Gasteiger partial charge in [0.25, 0.3) is 0 Å². The average Bonchev–Trinajstić information content (AvgIpc) is 2.27. The van der Waals surface area contributed by atoms with Gasteiger partial charge < -0.3 is 15.4 Å². The van der Waals surface area contributed by atoms with E-state index in [0.717, 1.165) is 16.7 Å². The summed E-state index contributed by atoms with van der Waals surface area (Å²) in [6, 6.07) is 8.96. The van der Waals surface area contributed by atoms with Crippen molar-refractivity contribution in [2.45, 2.75) is 0 Å². The van der Waals surface area contributed by atoms with E-state index in [1.165, 1.54) is 0 Å². The average molecular weight is 202 g/mol. The zero-order chi connectivity index (χ0) is 10.8. The highest BCUT2D eigenvalue weighted by Crippen LogP contribution is 2.13. The summed E-state index contributed by atoms with van der Waals surface area (Å²) >= 11 is 0. The first-order chi connectivity index (χ1) is 7.20. The fourth-order valence-electron chi connectivity index (χ4n) is 1.43. The quantitative estimate of drug-likeness (QED) is 0.597. The van der Waals surface area contributed by atoms with Crippen molar-refractivity contribution in [1.29, 1.82) is 0 Å². The van der Waals surface area contributed by atoms with Crippen molar-refractivity contribution < 1.29 is 10.0 Å². The minimum atomic E-state index is -1.45. The smallest absolute Gasteiger partial charge is 0.423 e. The highest BCUT2D eigenvalue weighted by atomic mass is 16.4. The van der Waals surface area contributed by atoms with Crippen molar-refractivity contribution in [3.63, 3.8) is 0 Å². The van der Waals surface area contributed by atoms with Crippen LogP contribution in [0.4, 0.5) is 5.82 Å². The highest BCUT2D eigenvalue weighted by molar-refractivity contribution is 6.58. The van der Waals surface area contributed by atoms with Crippen LogP contribution in [0.2, 0.25) is 0 Å². The molecule has 0 unspecified atom stereocenters. The zero-order valence-corrected chi connectivity index (χ0v) is 8.31. The van der Waals surface area contributed by atoms with Crippen molar-refractivity contribution in [2.75, 3.05) is 12.4 Å². The summed E-state index contributed by atoms with van der Waals surface area (Å²) in [6.45, 7) is 0. The molecule has 0 fully saturated rings. The minimum Gasteiger partial charge on any atom is -0.423 e. The summed E-state index contributed by atoms with van der Waals surface area (Å²) in [5.41, 5.74) is 1.19. The third-order valence-electron chi connectivity index (χ3n) is 2.27. The molecule has 0 atom stereocenters. The number of nitrogens with zero attached hydrogens (tertiary/aromatic N) is 1. The molecule has 2 rings (SSSR count). The van der Waals surface area contributed by atoms with E-state index in [4.69, 9.17) is 10.0 Å². The molecule has 0 saturated heterocycles. The van der Waals surface area contributed by atoms with Gasteiger partial charge in [0.2, 0.25) is 0 Å². The van der Waals surface area contributed by atoms with Gasteiger partial charge in [0, 0.05) is 12.4 Å². The van der Waals surface area contributed by atoms with E-state index in [-0.39, 0.29) is 0 Å². The lowest BCUT2D eigenvalue weighted by atomic mass is 9.80. The third kappa shape index (κ3) is 1.93. The van der Waals surface area contributed by atoms with Gasteiger partial charge in [-0.2, -0.15) is 0 Å². The largest absolute Gasteiger partial charge is 0.488 e. The van der Waals surface area contributed by atoms with Crippen LogP contribution in [0.5, 0.6) is 0 Å². The molecule has 0 saturated carbocycles. The molecule has 0 radical (unpaired) electrons. The fraction of sp³-hybridized carbons (Fsp3) is 0.100. The Kier molecular flexibility index (Phi) is 2.57. The summed E-state index contributed by atoms with van der Waals surface area (Å²) in [4.78, 5) is 4.30. The molecule has 0 spiro atoms. The first kappa shape index (κ1) is 9.95. The summed E-state index contributed by atoms with van der Waals surface area (Å²) in [7, 11) is 0.341. The van der Waals surface area contributed by atoms with Gasteiger partial charge in [-0.3, -0.25) is 0 Å². The molecule has 1 aromatic heterocycles. The van der Waals surface area contributed by atoms with E-state index in [9.17, 15) is 0 Å². The van der Waals surface area contributed by atoms with Gasteiger partial charge >= 0.3 is 7.12 Å². The number of benzene rings is 1. The molecule has 3 N–H and O–H groups in total. The van der Waals surface area contributed by atoms with Crippen LogP contribution in [0.15, 0.2) is 30.3 Å². The van der Waals surface area contributed by atoms with Gasteiger partial charge in [-0.05, 0) is 23.7 Å². The maximum Gasteiger partial charge on any atom is 0.488 e. The van der Waals surface area contributed by atoms with E-state index < -0.39 is 7.12 Å². The molecule has 15 heavy (non-hydrogen) atoms. The Balaban J connectivity index is 2.57. The SMILES string of the molecule is CNc1ccc2ccc(B(O)O)cc2n1. The first-order valence-electron chi connectivity index (χ1n) is 4.65. The minimum absolute atomic E-state index is 0.447. The Labute approximate surface area is 87.7 Å². The predicted molar refractivity (Wildman–Crippen MR) is 61.1 cm³/mol. The number of anilines is 1. The molecule has 4 nitrogen and oxygen atoms in total. The van der Waals surface area contributed by atoms with Crippen molar-refractivity contribution in [3.05, 3.63) is 30.3 Å². The number of hydrogen-bond donors (Lipinski definition) is 3. The molecular weight excluding hydrogens is 191 g/mol. The van der Waals surface area contributed by atoms with Crippen molar-refractivity contribution in [1.82, 2.24) is 4.98 Å². The van der Waals surface area contributed by atoms with Crippen LogP contribution in [0.3, 0.4) is 0 Å². The molecule has 0 aliphatic heterocycles. The summed E-state index contributed by atoms with van der Waals surface area (Å²) in [5, 5.41) is 21.9. The molecular formula is C10H11BN2O2. The van der Waals surface area contributed by atoms with Gasteiger partial charge in [-0.15, -0.1) is 0 Å². The number of rotatable bonds is 2. The standard InChI is InChI=1S/C10H11BN2O2/c1-12-10-5-3-7-2-4-8(11(14)15)6-9(7)13-10/h2-6,14-15H,1H3,(H,12,13). The Morgan fingerprint density at radius 3 is 2.60 bits per heavy atom. The molecule has 0 aliphatic carbocycles. The molecule has 0 bridgehead atoms. The van der Waals surface area contributed by atoms with Crippen molar-refractivity contribution >= 4 is 29.3 Å². The highest BCUT2D eigenvalue weighted by Gasteiger charge is 2.11. The molecule has 0 amide bonds. The van der Waals surface area contributed by atoms with Crippen LogP contribution in [-0.4, -0.2) is 29.2 Å². The second-order valence-corrected chi connectivity index (χ2v) is 3.27. The Bertz CT molecular complexity index is 488. The van der Waals surface area contributed by atoms with Gasteiger partial charge in [-0.1, -0.05) is 12.1 Å². The lowest BCUT2D eigenvalue weighted by Gasteiger charge is -2.04. The van der Waals surface area contributed by atoms with E-state index in [1.54, 1.807) is 19.2 Å². The van der Waals surface area contributed by atoms with Crippen LogP contribution in [0, 0.1) is 0 Å². The molecule has 76 valence electrons. The van der Waals surface area contributed by atoms with E-state index in [1.807, 2.05) is 18.2 Å². The number of nitrogens with one attached hydrogen (secondary N) is 1. The topological polar surface area (TPSA) is 65.4 Å². The summed E-state index contributed by atoms with van der Waals surface area (Å²) < 4.78 is 0. The molecule has 0 aliphatic rings. The maximum atomic E-state index is 9.02. The van der Waals surface area contributed by atoms with E-state index >= 15 is 0 Å². The molecule has 2 aromatic rings. The van der Waals surface area contributed by atoms with Crippen molar-refractivity contribution in [2.24, 2.45) is 0 Å². The second-order valence-electron chi connectivity index (χ2n) is 3.27. The van der Waals surface area contributed by atoms with Gasteiger partial charge in [-0.25, -0.2) is 4.98 Å². The monoisotopic (exact) mass is 202 g/mol. The second kappa shape index (κ2) is 3.88. The van der Waals surface area contributed by atoms with Crippen LogP contribution in [0.1, 0.15) is 0 Å². The molecule has 5 heteroatoms. The summed E-state index contributed by atoms with van der Waals surface area (Å²) in [6.07, 6.45) is 0. The van der Waals surface area contributed by atoms with Crippen LogP contribution in [0.25, 0.3) is 10.9 Å². The number of hydrogen-bond acceptors (Lipinski definition) is 4. The maximum absolute atomic E-state index is 9.02. The first-order valence-corrected chi connectivity index (χ1v) is 4.65. The Morgan fingerprint density at radius 2 is 1.93 bits per heavy atom.